The van der Waals surface area contributed by atoms with Gasteiger partial charge in [-0.15, -0.1) is 0 Å². The van der Waals surface area contributed by atoms with Gasteiger partial charge in [0.15, 0.2) is 0 Å². The molecule has 1 aromatic heterocycles. The molecule has 28 heavy (non-hydrogen) atoms. The van der Waals surface area contributed by atoms with Crippen LogP contribution in [0.2, 0.25) is 0 Å². The standard InChI is InChI=1S/C20H23NO5S2/c1-20(2,23)14-10-17(26-11-14)28(24,25)27-19(22)21-18-15-7-3-5-12(15)9-13-6-4-8-16(13)18/h9-11,23H,3-8H2,1-2H3,(H,21,22). The van der Waals surface area contributed by atoms with Gasteiger partial charge < -0.3 is 14.8 Å². The van der Waals surface area contributed by atoms with Gasteiger partial charge in [-0.1, -0.05) is 6.07 Å². The number of hydrogen-bond donors (Lipinski definition) is 2. The highest BCUT2D eigenvalue weighted by Gasteiger charge is 2.30. The molecule has 8 heteroatoms. The number of aliphatic hydroxyl groups is 1. The van der Waals surface area contributed by atoms with Gasteiger partial charge >= 0.3 is 0 Å². The zero-order valence-corrected chi connectivity index (χ0v) is 17.5. The van der Waals surface area contributed by atoms with Crippen molar-refractivity contribution in [1.82, 2.24) is 0 Å². The Morgan fingerprint density at radius 3 is 2.25 bits per heavy atom. The Balaban J connectivity index is 1.56. The van der Waals surface area contributed by atoms with Crippen molar-refractivity contribution in [2.24, 2.45) is 0 Å². The number of hydrogen-bond acceptors (Lipinski definition) is 6. The Kier molecular flexibility index (Phi) is 4.84. The largest absolute Gasteiger partial charge is 0.452 e. The zero-order valence-electron chi connectivity index (χ0n) is 15.9. The summed E-state index contributed by atoms with van der Waals surface area (Å²) in [6.07, 6.45) is 7.12. The number of fused-ring (bicyclic) bond motifs is 2. The lowest BCUT2D eigenvalue weighted by atomic mass is 9.99. The highest BCUT2D eigenvalue weighted by atomic mass is 33.1. The van der Waals surface area contributed by atoms with Crippen molar-refractivity contribution in [1.29, 1.82) is 0 Å². The van der Waals surface area contributed by atoms with Gasteiger partial charge in [-0.3, -0.25) is 4.79 Å². The fraction of sp³-hybridized carbons (Fsp3) is 0.450. The molecule has 1 amide bonds. The van der Waals surface area contributed by atoms with E-state index in [-0.39, 0.29) is 15.9 Å². The average Bonchev–Trinajstić information content (AvgIpc) is 3.33. The molecule has 2 aromatic rings. The first kappa shape index (κ1) is 19.5. The highest BCUT2D eigenvalue weighted by molar-refractivity contribution is 8.77. The monoisotopic (exact) mass is 421 g/mol. The molecule has 0 saturated carbocycles. The molecule has 0 fully saturated rings. The lowest BCUT2D eigenvalue weighted by Crippen LogP contribution is -2.14. The molecule has 2 aliphatic carbocycles. The molecule has 6 nitrogen and oxygen atoms in total. The van der Waals surface area contributed by atoms with Crippen molar-refractivity contribution in [3.8, 4) is 0 Å². The molecule has 0 radical (unpaired) electrons. The summed E-state index contributed by atoms with van der Waals surface area (Å²) in [5, 5.41) is 11.9. The number of benzene rings is 1. The second kappa shape index (κ2) is 6.93. The van der Waals surface area contributed by atoms with Crippen molar-refractivity contribution in [3.63, 3.8) is 0 Å². The van der Waals surface area contributed by atoms with E-state index >= 15 is 0 Å². The summed E-state index contributed by atoms with van der Waals surface area (Å²) in [6, 6.07) is 3.51. The zero-order chi connectivity index (χ0) is 20.1. The van der Waals surface area contributed by atoms with E-state index in [9.17, 15) is 18.3 Å². The predicted octanol–water partition coefficient (Wildman–Crippen LogP) is 4.14. The number of furan rings is 1. The molecular formula is C20H23NO5S2. The van der Waals surface area contributed by atoms with Gasteiger partial charge in [0.25, 0.3) is 14.1 Å². The molecule has 4 rings (SSSR count). The Labute approximate surface area is 168 Å². The lowest BCUT2D eigenvalue weighted by molar-refractivity contribution is 0.0779. The van der Waals surface area contributed by atoms with E-state index in [1.165, 1.54) is 37.3 Å². The molecule has 1 heterocycles. The smallest absolute Gasteiger partial charge is 0.299 e. The van der Waals surface area contributed by atoms with E-state index in [2.05, 4.69) is 11.4 Å². The van der Waals surface area contributed by atoms with Gasteiger partial charge in [-0.2, -0.15) is 0 Å². The van der Waals surface area contributed by atoms with Crippen LogP contribution < -0.4 is 5.32 Å². The maximum Gasteiger partial charge on any atom is 0.299 e. The molecule has 0 bridgehead atoms. The molecule has 0 atom stereocenters. The maximum absolute atomic E-state index is 12.6. The van der Waals surface area contributed by atoms with Gasteiger partial charge in [0, 0.05) is 17.3 Å². The second-order valence-corrected chi connectivity index (χ2v) is 11.6. The fourth-order valence-electron chi connectivity index (χ4n) is 4.00. The van der Waals surface area contributed by atoms with Crippen LogP contribution in [0.1, 0.15) is 54.5 Å². The van der Waals surface area contributed by atoms with Gasteiger partial charge in [0.2, 0.25) is 5.09 Å². The molecule has 0 aliphatic heterocycles. The maximum atomic E-state index is 12.6. The molecule has 0 spiro atoms. The number of rotatable bonds is 4. The number of amides is 1. The SMILES string of the molecule is CC(C)(O)c1coc(S(=O)(=O)SC(=O)Nc2c3c(cc4c2CCC4)CCC3)c1. The van der Waals surface area contributed by atoms with Gasteiger partial charge in [0.05, 0.1) is 22.7 Å². The second-order valence-electron chi connectivity index (χ2n) is 7.90. The molecule has 2 aliphatic rings. The van der Waals surface area contributed by atoms with E-state index in [0.717, 1.165) is 55.3 Å². The number of nitrogens with one attached hydrogen (secondary N) is 1. The Bertz CT molecular complexity index is 1020. The summed E-state index contributed by atoms with van der Waals surface area (Å²) in [7, 11) is -3.81. The molecule has 1 aromatic carbocycles. The predicted molar refractivity (Wildman–Crippen MR) is 108 cm³/mol. The van der Waals surface area contributed by atoms with Crippen LogP contribution in [-0.4, -0.2) is 18.8 Å². The van der Waals surface area contributed by atoms with Crippen molar-refractivity contribution in [2.45, 2.75) is 63.1 Å². The van der Waals surface area contributed by atoms with E-state index in [1.807, 2.05) is 0 Å². The van der Waals surface area contributed by atoms with Crippen molar-refractivity contribution in [2.75, 3.05) is 5.32 Å². The van der Waals surface area contributed by atoms with Crippen LogP contribution in [0.25, 0.3) is 0 Å². The Morgan fingerprint density at radius 2 is 1.71 bits per heavy atom. The fourth-order valence-corrected chi connectivity index (χ4v) is 6.09. The molecule has 0 saturated heterocycles. The summed E-state index contributed by atoms with van der Waals surface area (Å²) in [5.74, 6) is 0. The average molecular weight is 422 g/mol. The van der Waals surface area contributed by atoms with E-state index in [4.69, 9.17) is 4.42 Å². The van der Waals surface area contributed by atoms with Crippen LogP contribution in [0.5, 0.6) is 0 Å². The summed E-state index contributed by atoms with van der Waals surface area (Å²) >= 11 is 0. The van der Waals surface area contributed by atoms with Gasteiger partial charge in [0.1, 0.15) is 0 Å². The van der Waals surface area contributed by atoms with E-state index in [1.54, 1.807) is 0 Å². The number of aryl methyl sites for hydroxylation is 2. The first-order chi connectivity index (χ1) is 13.1. The molecule has 150 valence electrons. The number of anilines is 1. The Hall–Kier alpha value is -1.77. The summed E-state index contributed by atoms with van der Waals surface area (Å²) < 4.78 is 30.2. The van der Waals surface area contributed by atoms with Crippen LogP contribution >= 0.6 is 10.8 Å². The quantitative estimate of drug-likeness (QED) is 0.720. The van der Waals surface area contributed by atoms with Gasteiger partial charge in [-0.25, -0.2) is 8.42 Å². The van der Waals surface area contributed by atoms with E-state index < -0.39 is 19.7 Å². The minimum Gasteiger partial charge on any atom is -0.452 e. The van der Waals surface area contributed by atoms with Crippen molar-refractivity contribution < 1.29 is 22.7 Å². The third-order valence-corrected chi connectivity index (χ3v) is 8.20. The lowest BCUT2D eigenvalue weighted by Gasteiger charge is -2.15. The van der Waals surface area contributed by atoms with Crippen LogP contribution in [0.3, 0.4) is 0 Å². The topological polar surface area (TPSA) is 96.6 Å². The number of carbonyl (C=O) groups excluding carboxylic acids is 1. The minimum absolute atomic E-state index is 0.212. The van der Waals surface area contributed by atoms with E-state index in [0.29, 0.717) is 5.56 Å². The molecular weight excluding hydrogens is 398 g/mol. The Morgan fingerprint density at radius 1 is 1.11 bits per heavy atom. The third kappa shape index (κ3) is 3.60. The summed E-state index contributed by atoms with van der Waals surface area (Å²) in [5.41, 5.74) is 4.76. The summed E-state index contributed by atoms with van der Waals surface area (Å²) in [4.78, 5) is 12.6. The molecule has 2 N–H and O–H groups in total. The van der Waals surface area contributed by atoms with Crippen molar-refractivity contribution >= 4 is 30.6 Å². The van der Waals surface area contributed by atoms with Crippen LogP contribution in [0.4, 0.5) is 10.5 Å². The van der Waals surface area contributed by atoms with Crippen LogP contribution in [0.15, 0.2) is 27.9 Å². The summed E-state index contributed by atoms with van der Waals surface area (Å²) in [6.45, 7) is 3.06. The van der Waals surface area contributed by atoms with Crippen LogP contribution in [-0.2, 0) is 40.2 Å². The van der Waals surface area contributed by atoms with Crippen LogP contribution in [0, 0.1) is 0 Å². The normalized spacial score (nSPS) is 16.1. The number of carbonyl (C=O) groups is 1. The highest BCUT2D eigenvalue weighted by Crippen LogP contribution is 2.39. The van der Waals surface area contributed by atoms with Crippen molar-refractivity contribution in [3.05, 3.63) is 46.2 Å². The first-order valence-corrected chi connectivity index (χ1v) is 12.2. The first-order valence-electron chi connectivity index (χ1n) is 9.38. The minimum atomic E-state index is -4.02. The third-order valence-electron chi connectivity index (χ3n) is 5.41. The van der Waals surface area contributed by atoms with Gasteiger partial charge in [-0.05, 0) is 74.6 Å². The molecule has 0 unspecified atom stereocenters.